The molecule has 3 nitrogen and oxygen atoms in total. The second-order valence-electron chi connectivity index (χ2n) is 4.55. The molecule has 1 heterocycles. The molecule has 96 valence electrons. The fourth-order valence-electron chi connectivity index (χ4n) is 2.13. The van der Waals surface area contributed by atoms with Gasteiger partial charge in [-0.1, -0.05) is 31.2 Å². The number of imidazole rings is 1. The van der Waals surface area contributed by atoms with Crippen molar-refractivity contribution < 1.29 is 5.11 Å². The minimum Gasteiger partial charge on any atom is -0.396 e. The summed E-state index contributed by atoms with van der Waals surface area (Å²) in [6, 6.07) is 8.52. The number of aromatic nitrogens is 2. The van der Waals surface area contributed by atoms with Gasteiger partial charge in [0.1, 0.15) is 5.82 Å². The van der Waals surface area contributed by atoms with E-state index in [1.165, 1.54) is 5.56 Å². The Morgan fingerprint density at radius 2 is 1.89 bits per heavy atom. The van der Waals surface area contributed by atoms with Crippen LogP contribution in [0.2, 0.25) is 0 Å². The summed E-state index contributed by atoms with van der Waals surface area (Å²) in [6.45, 7) is 4.34. The standard InChI is InChI=1S/C15H20N2O/c1-4-12-5-7-13(8-6-12)15-16-14(9-10-18)11(2)17(15)3/h5-8,18H,4,9-10H2,1-3H3. The first-order chi connectivity index (χ1) is 8.67. The number of aliphatic hydroxyl groups excluding tert-OH is 1. The van der Waals surface area contributed by atoms with E-state index in [0.717, 1.165) is 29.2 Å². The number of hydrogen-bond donors (Lipinski definition) is 1. The summed E-state index contributed by atoms with van der Waals surface area (Å²) in [5.41, 5.74) is 4.57. The van der Waals surface area contributed by atoms with Gasteiger partial charge in [-0.3, -0.25) is 0 Å². The molecule has 2 rings (SSSR count). The molecule has 0 unspecified atom stereocenters. The van der Waals surface area contributed by atoms with Crippen LogP contribution in [-0.4, -0.2) is 21.3 Å². The quantitative estimate of drug-likeness (QED) is 0.897. The predicted molar refractivity (Wildman–Crippen MR) is 73.5 cm³/mol. The molecular formula is C15H20N2O. The lowest BCUT2D eigenvalue weighted by atomic mass is 10.1. The van der Waals surface area contributed by atoms with Gasteiger partial charge in [-0.25, -0.2) is 4.98 Å². The number of aryl methyl sites for hydroxylation is 1. The first-order valence-electron chi connectivity index (χ1n) is 6.39. The SMILES string of the molecule is CCc1ccc(-c2nc(CCO)c(C)n2C)cc1. The Hall–Kier alpha value is -1.61. The lowest BCUT2D eigenvalue weighted by Crippen LogP contribution is -1.96. The van der Waals surface area contributed by atoms with Gasteiger partial charge in [-0.15, -0.1) is 0 Å². The number of aliphatic hydroxyl groups is 1. The van der Waals surface area contributed by atoms with E-state index in [9.17, 15) is 0 Å². The Morgan fingerprint density at radius 3 is 2.44 bits per heavy atom. The third-order valence-electron chi connectivity index (χ3n) is 3.45. The van der Waals surface area contributed by atoms with Crippen molar-refractivity contribution >= 4 is 0 Å². The van der Waals surface area contributed by atoms with Gasteiger partial charge in [0.15, 0.2) is 0 Å². The van der Waals surface area contributed by atoms with Crippen molar-refractivity contribution in [3.05, 3.63) is 41.2 Å². The van der Waals surface area contributed by atoms with E-state index in [-0.39, 0.29) is 6.61 Å². The first-order valence-corrected chi connectivity index (χ1v) is 6.39. The normalized spacial score (nSPS) is 10.9. The largest absolute Gasteiger partial charge is 0.396 e. The van der Waals surface area contributed by atoms with Crippen LogP contribution in [0.4, 0.5) is 0 Å². The average molecular weight is 244 g/mol. The summed E-state index contributed by atoms with van der Waals surface area (Å²) in [5.74, 6) is 0.971. The fourth-order valence-corrected chi connectivity index (χ4v) is 2.13. The van der Waals surface area contributed by atoms with Crippen LogP contribution in [0.15, 0.2) is 24.3 Å². The molecular weight excluding hydrogens is 224 g/mol. The molecule has 0 aliphatic heterocycles. The third kappa shape index (κ3) is 2.31. The smallest absolute Gasteiger partial charge is 0.140 e. The highest BCUT2D eigenvalue weighted by Crippen LogP contribution is 2.22. The molecule has 0 spiro atoms. The Labute approximate surface area is 108 Å². The molecule has 0 amide bonds. The Balaban J connectivity index is 2.40. The van der Waals surface area contributed by atoms with Gasteiger partial charge in [0.05, 0.1) is 5.69 Å². The number of rotatable bonds is 4. The van der Waals surface area contributed by atoms with Gasteiger partial charge in [0.2, 0.25) is 0 Å². The molecule has 0 aliphatic carbocycles. The third-order valence-corrected chi connectivity index (χ3v) is 3.45. The number of nitrogens with zero attached hydrogens (tertiary/aromatic N) is 2. The molecule has 2 aromatic rings. The van der Waals surface area contributed by atoms with Crippen LogP contribution in [0, 0.1) is 6.92 Å². The van der Waals surface area contributed by atoms with Crippen LogP contribution in [0.5, 0.6) is 0 Å². The van der Waals surface area contributed by atoms with E-state index in [2.05, 4.69) is 40.7 Å². The molecule has 1 aromatic heterocycles. The minimum atomic E-state index is 0.145. The summed E-state index contributed by atoms with van der Waals surface area (Å²) >= 11 is 0. The zero-order chi connectivity index (χ0) is 13.1. The average Bonchev–Trinajstić information content (AvgIpc) is 2.68. The second kappa shape index (κ2) is 5.36. The molecule has 1 N–H and O–H groups in total. The number of hydrogen-bond acceptors (Lipinski definition) is 2. The van der Waals surface area contributed by atoms with E-state index >= 15 is 0 Å². The topological polar surface area (TPSA) is 38.1 Å². The highest BCUT2D eigenvalue weighted by atomic mass is 16.3. The van der Waals surface area contributed by atoms with Crippen molar-refractivity contribution in [2.45, 2.75) is 26.7 Å². The van der Waals surface area contributed by atoms with Crippen molar-refractivity contribution in [1.29, 1.82) is 0 Å². The van der Waals surface area contributed by atoms with Gasteiger partial charge < -0.3 is 9.67 Å². The molecule has 1 aromatic carbocycles. The van der Waals surface area contributed by atoms with Crippen molar-refractivity contribution in [3.63, 3.8) is 0 Å². The molecule has 0 aliphatic rings. The maximum atomic E-state index is 9.03. The van der Waals surface area contributed by atoms with Crippen LogP contribution in [-0.2, 0) is 19.9 Å². The van der Waals surface area contributed by atoms with Crippen molar-refractivity contribution in [2.24, 2.45) is 7.05 Å². The highest BCUT2D eigenvalue weighted by molar-refractivity contribution is 5.57. The minimum absolute atomic E-state index is 0.145. The summed E-state index contributed by atoms with van der Waals surface area (Å²) in [7, 11) is 2.02. The molecule has 0 saturated heterocycles. The van der Waals surface area contributed by atoms with Crippen LogP contribution < -0.4 is 0 Å². The second-order valence-corrected chi connectivity index (χ2v) is 4.55. The molecule has 3 heteroatoms. The van der Waals surface area contributed by atoms with Crippen LogP contribution in [0.25, 0.3) is 11.4 Å². The van der Waals surface area contributed by atoms with Crippen molar-refractivity contribution in [3.8, 4) is 11.4 Å². The molecule has 0 bridgehead atoms. The zero-order valence-corrected chi connectivity index (χ0v) is 11.3. The first kappa shape index (κ1) is 12.8. The Bertz CT molecular complexity index is 526. The van der Waals surface area contributed by atoms with Gasteiger partial charge in [0, 0.05) is 31.3 Å². The van der Waals surface area contributed by atoms with E-state index in [4.69, 9.17) is 5.11 Å². The van der Waals surface area contributed by atoms with Gasteiger partial charge in [-0.2, -0.15) is 0 Å². The lowest BCUT2D eigenvalue weighted by molar-refractivity contribution is 0.298. The molecule has 0 fully saturated rings. The maximum Gasteiger partial charge on any atom is 0.140 e. The van der Waals surface area contributed by atoms with Gasteiger partial charge in [0.25, 0.3) is 0 Å². The van der Waals surface area contributed by atoms with Gasteiger partial charge in [-0.05, 0) is 18.9 Å². The van der Waals surface area contributed by atoms with Gasteiger partial charge >= 0.3 is 0 Å². The molecule has 0 atom stereocenters. The van der Waals surface area contributed by atoms with E-state index in [0.29, 0.717) is 6.42 Å². The van der Waals surface area contributed by atoms with E-state index < -0.39 is 0 Å². The monoisotopic (exact) mass is 244 g/mol. The van der Waals surface area contributed by atoms with E-state index in [1.807, 2.05) is 14.0 Å². The number of benzene rings is 1. The highest BCUT2D eigenvalue weighted by Gasteiger charge is 2.11. The summed E-state index contributed by atoms with van der Waals surface area (Å²) < 4.78 is 2.09. The summed E-state index contributed by atoms with van der Waals surface area (Å²) in [4.78, 5) is 4.63. The molecule has 18 heavy (non-hydrogen) atoms. The Kier molecular flexibility index (Phi) is 3.82. The van der Waals surface area contributed by atoms with Crippen molar-refractivity contribution in [1.82, 2.24) is 9.55 Å². The predicted octanol–water partition coefficient (Wildman–Crippen LogP) is 2.49. The summed E-state index contributed by atoms with van der Waals surface area (Å²) in [6.07, 6.45) is 1.67. The fraction of sp³-hybridized carbons (Fsp3) is 0.400. The zero-order valence-electron chi connectivity index (χ0n) is 11.3. The molecule has 0 radical (unpaired) electrons. The molecule has 0 saturated carbocycles. The Morgan fingerprint density at radius 1 is 1.22 bits per heavy atom. The van der Waals surface area contributed by atoms with Crippen LogP contribution in [0.3, 0.4) is 0 Å². The van der Waals surface area contributed by atoms with E-state index in [1.54, 1.807) is 0 Å². The van der Waals surface area contributed by atoms with Crippen LogP contribution in [0.1, 0.15) is 23.9 Å². The lowest BCUT2D eigenvalue weighted by Gasteiger charge is -2.04. The van der Waals surface area contributed by atoms with Crippen molar-refractivity contribution in [2.75, 3.05) is 6.61 Å². The maximum absolute atomic E-state index is 9.03. The van der Waals surface area contributed by atoms with Crippen LogP contribution >= 0.6 is 0 Å². The summed E-state index contributed by atoms with van der Waals surface area (Å²) in [5, 5.41) is 9.03.